The topological polar surface area (TPSA) is 97.7 Å². The Morgan fingerprint density at radius 3 is 2.66 bits per heavy atom. The van der Waals surface area contributed by atoms with Crippen LogP contribution in [0.15, 0.2) is 48.7 Å². The normalized spacial score (nSPS) is 11.6. The van der Waals surface area contributed by atoms with E-state index in [0.29, 0.717) is 15.7 Å². The molecule has 0 aliphatic heterocycles. The third-order valence-electron chi connectivity index (χ3n) is 3.73. The maximum Gasteiger partial charge on any atom is 0.437 e. The summed E-state index contributed by atoms with van der Waals surface area (Å²) >= 11 is 5.74. The number of halogens is 4. The number of aromatic nitrogens is 5. The molecule has 12 heteroatoms. The maximum absolute atomic E-state index is 13.6. The molecule has 3 aromatic heterocycles. The van der Waals surface area contributed by atoms with E-state index < -0.39 is 23.7 Å². The fraction of sp³-hybridized carbons (Fsp3) is 0.0588. The molecule has 1 amide bonds. The van der Waals surface area contributed by atoms with Crippen LogP contribution in [0.2, 0.25) is 5.15 Å². The summed E-state index contributed by atoms with van der Waals surface area (Å²) in [6.45, 7) is 0. The van der Waals surface area contributed by atoms with Crippen molar-refractivity contribution in [1.29, 1.82) is 0 Å². The second kappa shape index (κ2) is 7.09. The third-order valence-corrected chi connectivity index (χ3v) is 3.94. The summed E-state index contributed by atoms with van der Waals surface area (Å²) in [5, 5.41) is 5.87. The van der Waals surface area contributed by atoms with Crippen molar-refractivity contribution in [2.45, 2.75) is 6.18 Å². The summed E-state index contributed by atoms with van der Waals surface area (Å²) < 4.78 is 46.1. The van der Waals surface area contributed by atoms with E-state index >= 15 is 0 Å². The number of fused-ring (bicyclic) bond motifs is 1. The predicted molar refractivity (Wildman–Crippen MR) is 97.1 cm³/mol. The van der Waals surface area contributed by atoms with Crippen molar-refractivity contribution in [2.24, 2.45) is 0 Å². The highest BCUT2D eigenvalue weighted by atomic mass is 35.5. The number of pyridine rings is 1. The van der Waals surface area contributed by atoms with Crippen LogP contribution in [0.3, 0.4) is 0 Å². The molecular weight excluding hydrogens is 413 g/mol. The minimum absolute atomic E-state index is 0.0174. The molecule has 4 rings (SSSR count). The Bertz CT molecular complexity index is 1170. The Morgan fingerprint density at radius 1 is 1.14 bits per heavy atom. The minimum Gasteiger partial charge on any atom is -0.406 e. The number of alkyl halides is 3. The number of amides is 1. The van der Waals surface area contributed by atoms with Crippen molar-refractivity contribution in [2.75, 3.05) is 5.32 Å². The molecule has 0 fully saturated rings. The fourth-order valence-corrected chi connectivity index (χ4v) is 2.75. The molecule has 0 unspecified atom stereocenters. The first kappa shape index (κ1) is 18.7. The molecule has 29 heavy (non-hydrogen) atoms. The zero-order chi connectivity index (χ0) is 20.6. The van der Waals surface area contributed by atoms with Crippen LogP contribution >= 0.6 is 11.6 Å². The van der Waals surface area contributed by atoms with Gasteiger partial charge in [0.15, 0.2) is 17.3 Å². The van der Waals surface area contributed by atoms with Gasteiger partial charge in [-0.05, 0) is 24.3 Å². The summed E-state index contributed by atoms with van der Waals surface area (Å²) in [5.74, 6) is -0.959. The summed E-state index contributed by atoms with van der Waals surface area (Å²) in [4.78, 5) is 22.8. The quantitative estimate of drug-likeness (QED) is 0.476. The number of carbonyl (C=O) groups is 1. The molecule has 0 spiro atoms. The number of H-pyrrole nitrogens is 1. The first-order valence-electron chi connectivity index (χ1n) is 8.03. The average molecular weight is 423 g/mol. The van der Waals surface area contributed by atoms with Gasteiger partial charge in [-0.15, -0.1) is 0 Å². The molecule has 0 atom stereocenters. The molecular formula is C17H10ClF3N6O2. The van der Waals surface area contributed by atoms with Gasteiger partial charge in [0.2, 0.25) is 5.95 Å². The van der Waals surface area contributed by atoms with Gasteiger partial charge < -0.3 is 9.72 Å². The highest BCUT2D eigenvalue weighted by Crippen LogP contribution is 2.37. The molecule has 0 saturated heterocycles. The van der Waals surface area contributed by atoms with Gasteiger partial charge in [-0.25, -0.2) is 19.4 Å². The van der Waals surface area contributed by atoms with Crippen molar-refractivity contribution < 1.29 is 22.7 Å². The molecule has 8 nitrogen and oxygen atoms in total. The number of hydrogen-bond acceptors (Lipinski definition) is 5. The van der Waals surface area contributed by atoms with Crippen molar-refractivity contribution in [3.8, 4) is 11.6 Å². The Balaban J connectivity index is 1.61. The molecule has 148 valence electrons. The smallest absolute Gasteiger partial charge is 0.406 e. The van der Waals surface area contributed by atoms with Gasteiger partial charge in [0.25, 0.3) is 0 Å². The number of hydrogen-bond donors (Lipinski definition) is 2. The zero-order valence-corrected chi connectivity index (χ0v) is 15.0. The van der Waals surface area contributed by atoms with Crippen LogP contribution < -0.4 is 10.1 Å². The van der Waals surface area contributed by atoms with Gasteiger partial charge in [-0.1, -0.05) is 29.8 Å². The Kier molecular flexibility index (Phi) is 4.59. The van der Waals surface area contributed by atoms with E-state index in [1.165, 1.54) is 18.2 Å². The Morgan fingerprint density at radius 2 is 1.93 bits per heavy atom. The van der Waals surface area contributed by atoms with Crippen LogP contribution in [0.5, 0.6) is 5.75 Å². The minimum atomic E-state index is -4.88. The molecule has 0 aliphatic carbocycles. The van der Waals surface area contributed by atoms with Crippen molar-refractivity contribution in [3.05, 3.63) is 59.5 Å². The molecule has 2 N–H and O–H groups in total. The van der Waals surface area contributed by atoms with E-state index in [-0.39, 0.29) is 16.9 Å². The number of aromatic amines is 1. The van der Waals surface area contributed by atoms with E-state index in [1.54, 1.807) is 24.3 Å². The number of para-hydroxylation sites is 2. The lowest BCUT2D eigenvalue weighted by molar-refractivity contribution is -0.143. The van der Waals surface area contributed by atoms with Crippen molar-refractivity contribution in [3.63, 3.8) is 0 Å². The molecule has 0 bridgehead atoms. The number of carbonyl (C=O) groups excluding carboxylic acids is 1. The lowest BCUT2D eigenvalue weighted by Crippen LogP contribution is -2.21. The first-order chi connectivity index (χ1) is 13.8. The lowest BCUT2D eigenvalue weighted by Gasteiger charge is -2.12. The molecule has 3 heterocycles. The second-order valence-electron chi connectivity index (χ2n) is 5.70. The third kappa shape index (κ3) is 3.85. The highest BCUT2D eigenvalue weighted by molar-refractivity contribution is 6.29. The first-order valence-corrected chi connectivity index (χ1v) is 8.41. The standard InChI is InChI=1S/C17H10ClF3N6O2/c18-12-6-3-7-13(25-12)27-14(17(19,20)21)11(8-22-27)29-16(28)26-15-23-9-4-1-2-5-10(9)24-15/h1-8H,(H2,23,24,26,28). The number of nitrogens with one attached hydrogen (secondary N) is 2. The Labute approximate surface area is 165 Å². The summed E-state index contributed by atoms with van der Waals surface area (Å²) in [5.41, 5.74) is -0.107. The summed E-state index contributed by atoms with van der Waals surface area (Å²) in [6, 6.07) is 11.0. The second-order valence-corrected chi connectivity index (χ2v) is 6.09. The van der Waals surface area contributed by atoms with Crippen LogP contribution in [0, 0.1) is 0 Å². The van der Waals surface area contributed by atoms with E-state index in [2.05, 4.69) is 25.4 Å². The fourth-order valence-electron chi connectivity index (χ4n) is 2.59. The van der Waals surface area contributed by atoms with E-state index in [4.69, 9.17) is 16.3 Å². The maximum atomic E-state index is 13.6. The number of imidazole rings is 1. The predicted octanol–water partition coefficient (Wildman–Crippen LogP) is 4.43. The Hall–Kier alpha value is -3.60. The molecule has 1 aromatic carbocycles. The van der Waals surface area contributed by atoms with Gasteiger partial charge in [0, 0.05) is 0 Å². The molecule has 0 radical (unpaired) electrons. The highest BCUT2D eigenvalue weighted by Gasteiger charge is 2.41. The van der Waals surface area contributed by atoms with Crippen LogP contribution in [-0.4, -0.2) is 30.8 Å². The molecule has 4 aromatic rings. The van der Waals surface area contributed by atoms with Gasteiger partial charge in [0.05, 0.1) is 17.2 Å². The SMILES string of the molecule is O=C(Nc1nc2ccccc2[nH]1)Oc1cnn(-c2cccc(Cl)n2)c1C(F)(F)F. The van der Waals surface area contributed by atoms with E-state index in [1.807, 2.05) is 0 Å². The average Bonchev–Trinajstić information content (AvgIpc) is 3.24. The number of benzene rings is 1. The number of anilines is 1. The summed E-state index contributed by atoms with van der Waals surface area (Å²) in [7, 11) is 0. The van der Waals surface area contributed by atoms with Gasteiger partial charge in [-0.3, -0.25) is 5.32 Å². The zero-order valence-electron chi connectivity index (χ0n) is 14.2. The number of ether oxygens (including phenoxy) is 1. The largest absolute Gasteiger partial charge is 0.437 e. The van der Waals surface area contributed by atoms with Crippen LogP contribution in [0.4, 0.5) is 23.9 Å². The number of rotatable bonds is 3. The van der Waals surface area contributed by atoms with Crippen LogP contribution in [0.25, 0.3) is 16.9 Å². The van der Waals surface area contributed by atoms with Crippen LogP contribution in [0.1, 0.15) is 5.69 Å². The molecule has 0 aliphatic rings. The van der Waals surface area contributed by atoms with Crippen molar-refractivity contribution >= 4 is 34.7 Å². The van der Waals surface area contributed by atoms with Gasteiger partial charge >= 0.3 is 12.3 Å². The number of nitrogens with zero attached hydrogens (tertiary/aromatic N) is 4. The monoisotopic (exact) mass is 422 g/mol. The summed E-state index contributed by atoms with van der Waals surface area (Å²) in [6.07, 6.45) is -5.29. The lowest BCUT2D eigenvalue weighted by atomic mass is 10.3. The van der Waals surface area contributed by atoms with Gasteiger partial charge in [-0.2, -0.15) is 18.3 Å². The molecule has 0 saturated carbocycles. The van der Waals surface area contributed by atoms with Crippen molar-refractivity contribution in [1.82, 2.24) is 24.7 Å². The van der Waals surface area contributed by atoms with Crippen LogP contribution in [-0.2, 0) is 6.18 Å². The van der Waals surface area contributed by atoms with E-state index in [0.717, 1.165) is 6.20 Å². The van der Waals surface area contributed by atoms with E-state index in [9.17, 15) is 18.0 Å². The van der Waals surface area contributed by atoms with Gasteiger partial charge in [0.1, 0.15) is 5.15 Å².